The summed E-state index contributed by atoms with van der Waals surface area (Å²) in [6.45, 7) is 1.93. The lowest BCUT2D eigenvalue weighted by Gasteiger charge is -2.03. The number of nitrogens with two attached hydrogens (primary N) is 3. The second-order valence-electron chi connectivity index (χ2n) is 2.87. The van der Waals surface area contributed by atoms with Crippen LogP contribution in [-0.2, 0) is 0 Å². The summed E-state index contributed by atoms with van der Waals surface area (Å²) in [5.74, 6) is 0. The third-order valence-corrected chi connectivity index (χ3v) is 2.82. The van der Waals surface area contributed by atoms with Gasteiger partial charge in [0.15, 0.2) is 0 Å². The molecule has 0 saturated heterocycles. The van der Waals surface area contributed by atoms with Gasteiger partial charge in [-0.3, -0.25) is 0 Å². The number of rotatable bonds is 0. The van der Waals surface area contributed by atoms with E-state index in [0.29, 0.717) is 17.1 Å². The maximum atomic E-state index is 5.77. The largest absolute Gasteiger partial charge is 0.397 e. The van der Waals surface area contributed by atoms with E-state index in [0.717, 1.165) is 15.2 Å². The predicted molar refractivity (Wildman–Crippen MR) is 57.6 cm³/mol. The zero-order valence-electron chi connectivity index (χ0n) is 7.16. The first-order valence-corrected chi connectivity index (χ1v) is 4.62. The van der Waals surface area contributed by atoms with Crippen LogP contribution in [0.4, 0.5) is 17.1 Å². The van der Waals surface area contributed by atoms with E-state index < -0.39 is 0 Å². The first kappa shape index (κ1) is 8.12. The number of aryl methyl sites for hydroxylation is 1. The second kappa shape index (κ2) is 2.50. The van der Waals surface area contributed by atoms with Crippen molar-refractivity contribution in [1.29, 1.82) is 0 Å². The summed E-state index contributed by atoms with van der Waals surface area (Å²) in [7, 11) is 0. The van der Waals surface area contributed by atoms with E-state index in [1.807, 2.05) is 13.0 Å². The van der Waals surface area contributed by atoms with E-state index in [4.69, 9.17) is 17.2 Å². The fraction of sp³-hybridized carbons (Fsp3) is 0.125. The van der Waals surface area contributed by atoms with Gasteiger partial charge in [-0.2, -0.15) is 0 Å². The van der Waals surface area contributed by atoms with Crippen molar-refractivity contribution in [3.8, 4) is 0 Å². The Bertz CT molecular complexity index is 474. The van der Waals surface area contributed by atoms with Gasteiger partial charge in [0.25, 0.3) is 0 Å². The molecule has 0 aliphatic heterocycles. The fourth-order valence-electron chi connectivity index (χ4n) is 1.24. The summed E-state index contributed by atoms with van der Waals surface area (Å²) in [5, 5.41) is 0.965. The number of aromatic nitrogens is 1. The molecule has 1 aromatic carbocycles. The van der Waals surface area contributed by atoms with Crippen LogP contribution in [0.2, 0.25) is 0 Å². The van der Waals surface area contributed by atoms with E-state index in [1.165, 1.54) is 0 Å². The number of thiazole rings is 1. The van der Waals surface area contributed by atoms with Gasteiger partial charge in [0.05, 0.1) is 26.8 Å². The molecule has 0 amide bonds. The normalized spacial score (nSPS) is 10.8. The molecule has 0 fully saturated rings. The van der Waals surface area contributed by atoms with Gasteiger partial charge < -0.3 is 17.2 Å². The van der Waals surface area contributed by atoms with Gasteiger partial charge in [0, 0.05) is 0 Å². The molecule has 0 atom stereocenters. The molecule has 0 bridgehead atoms. The van der Waals surface area contributed by atoms with E-state index in [9.17, 15) is 0 Å². The molecule has 2 rings (SSSR count). The molecule has 0 aliphatic rings. The Morgan fingerprint density at radius 3 is 2.62 bits per heavy atom. The molecule has 6 N–H and O–H groups in total. The summed E-state index contributed by atoms with van der Waals surface area (Å²) in [5.41, 5.74) is 19.3. The minimum absolute atomic E-state index is 0.429. The van der Waals surface area contributed by atoms with Gasteiger partial charge in [0.1, 0.15) is 5.52 Å². The number of hydrogen-bond donors (Lipinski definition) is 3. The Hall–Kier alpha value is -1.49. The molecule has 1 aromatic heterocycles. The maximum absolute atomic E-state index is 5.77. The first-order valence-electron chi connectivity index (χ1n) is 3.80. The summed E-state index contributed by atoms with van der Waals surface area (Å²) in [6.07, 6.45) is 0. The lowest BCUT2D eigenvalue weighted by Crippen LogP contribution is -2.00. The molecule has 4 nitrogen and oxygen atoms in total. The molecule has 0 saturated carbocycles. The third-order valence-electron chi connectivity index (χ3n) is 1.90. The average molecular weight is 194 g/mol. The van der Waals surface area contributed by atoms with Crippen molar-refractivity contribution in [3.05, 3.63) is 11.1 Å². The summed E-state index contributed by atoms with van der Waals surface area (Å²) in [6, 6.07) is 1.81. The molecule has 0 spiro atoms. The summed E-state index contributed by atoms with van der Waals surface area (Å²) in [4.78, 5) is 4.27. The standard InChI is InChI=1S/C8H10N4S/c1-3-12-8-5(13-3)2-4(9)6(10)7(8)11/h2H,9-11H2,1H3. The minimum atomic E-state index is 0.429. The Labute approximate surface area is 79.4 Å². The number of anilines is 3. The Kier molecular flexibility index (Phi) is 1.56. The van der Waals surface area contributed by atoms with Crippen molar-refractivity contribution < 1.29 is 0 Å². The number of nitrogens with zero attached hydrogens (tertiary/aromatic N) is 1. The number of nitrogen functional groups attached to an aromatic ring is 3. The van der Waals surface area contributed by atoms with E-state index >= 15 is 0 Å². The van der Waals surface area contributed by atoms with Crippen LogP contribution in [0.15, 0.2) is 6.07 Å². The zero-order chi connectivity index (χ0) is 9.59. The molecule has 5 heteroatoms. The highest BCUT2D eigenvalue weighted by Gasteiger charge is 2.09. The highest BCUT2D eigenvalue weighted by atomic mass is 32.1. The van der Waals surface area contributed by atoms with Crippen LogP contribution in [0.3, 0.4) is 0 Å². The summed E-state index contributed by atoms with van der Waals surface area (Å²) < 4.78 is 0.988. The molecule has 2 aromatic rings. The van der Waals surface area contributed by atoms with Crippen LogP contribution in [0, 0.1) is 6.92 Å². The quantitative estimate of drug-likeness (QED) is 0.552. The van der Waals surface area contributed by atoms with Crippen molar-refractivity contribution in [2.75, 3.05) is 17.2 Å². The zero-order valence-corrected chi connectivity index (χ0v) is 7.98. The molecule has 1 heterocycles. The number of hydrogen-bond acceptors (Lipinski definition) is 5. The molecule has 13 heavy (non-hydrogen) atoms. The molecular weight excluding hydrogens is 184 g/mol. The molecular formula is C8H10N4S. The molecule has 0 radical (unpaired) electrons. The molecule has 68 valence electrons. The monoisotopic (exact) mass is 194 g/mol. The SMILES string of the molecule is Cc1nc2c(N)c(N)c(N)cc2s1. The van der Waals surface area contributed by atoms with Crippen molar-refractivity contribution >= 4 is 38.6 Å². The Balaban J connectivity index is 2.92. The lowest BCUT2D eigenvalue weighted by atomic mass is 10.2. The van der Waals surface area contributed by atoms with Gasteiger partial charge >= 0.3 is 0 Å². The van der Waals surface area contributed by atoms with E-state index in [2.05, 4.69) is 4.98 Å². The topological polar surface area (TPSA) is 90.9 Å². The van der Waals surface area contributed by atoms with Crippen LogP contribution in [0.5, 0.6) is 0 Å². The van der Waals surface area contributed by atoms with Gasteiger partial charge in [-0.1, -0.05) is 0 Å². The van der Waals surface area contributed by atoms with E-state index in [-0.39, 0.29) is 0 Å². The van der Waals surface area contributed by atoms with Crippen LogP contribution in [0.1, 0.15) is 5.01 Å². The third kappa shape index (κ3) is 1.08. The lowest BCUT2D eigenvalue weighted by molar-refractivity contribution is 1.35. The first-order chi connectivity index (χ1) is 6.09. The highest BCUT2D eigenvalue weighted by molar-refractivity contribution is 7.18. The Morgan fingerprint density at radius 1 is 1.23 bits per heavy atom. The second-order valence-corrected chi connectivity index (χ2v) is 4.11. The van der Waals surface area contributed by atoms with Crippen LogP contribution >= 0.6 is 11.3 Å². The van der Waals surface area contributed by atoms with Gasteiger partial charge in [-0.05, 0) is 13.0 Å². The highest BCUT2D eigenvalue weighted by Crippen LogP contribution is 2.34. The van der Waals surface area contributed by atoms with Crippen molar-refractivity contribution in [2.24, 2.45) is 0 Å². The minimum Gasteiger partial charge on any atom is -0.397 e. The maximum Gasteiger partial charge on any atom is 0.107 e. The number of benzene rings is 1. The number of fused-ring (bicyclic) bond motifs is 1. The smallest absolute Gasteiger partial charge is 0.107 e. The van der Waals surface area contributed by atoms with E-state index in [1.54, 1.807) is 11.3 Å². The van der Waals surface area contributed by atoms with Gasteiger partial charge in [-0.25, -0.2) is 4.98 Å². The van der Waals surface area contributed by atoms with Gasteiger partial charge in [0.2, 0.25) is 0 Å². The van der Waals surface area contributed by atoms with Crippen LogP contribution in [0.25, 0.3) is 10.2 Å². The van der Waals surface area contributed by atoms with Crippen molar-refractivity contribution in [2.45, 2.75) is 6.92 Å². The van der Waals surface area contributed by atoms with Gasteiger partial charge in [-0.15, -0.1) is 11.3 Å². The fourth-order valence-corrected chi connectivity index (χ4v) is 2.13. The predicted octanol–water partition coefficient (Wildman–Crippen LogP) is 1.35. The average Bonchev–Trinajstić information content (AvgIpc) is 2.42. The van der Waals surface area contributed by atoms with Crippen LogP contribution in [-0.4, -0.2) is 4.98 Å². The van der Waals surface area contributed by atoms with Crippen LogP contribution < -0.4 is 17.2 Å². The summed E-state index contributed by atoms with van der Waals surface area (Å²) >= 11 is 1.56. The Morgan fingerprint density at radius 2 is 1.92 bits per heavy atom. The van der Waals surface area contributed by atoms with Crippen molar-refractivity contribution in [1.82, 2.24) is 4.98 Å². The molecule has 0 aliphatic carbocycles. The molecule has 0 unspecified atom stereocenters. The van der Waals surface area contributed by atoms with Crippen molar-refractivity contribution in [3.63, 3.8) is 0 Å².